The Morgan fingerprint density at radius 2 is 2.14 bits per heavy atom. The number of aromatic amines is 1. The number of hydrogen-bond acceptors (Lipinski definition) is 4. The van der Waals surface area contributed by atoms with Crippen LogP contribution in [0.2, 0.25) is 0 Å². The topological polar surface area (TPSA) is 73.8 Å². The van der Waals surface area contributed by atoms with Crippen molar-refractivity contribution in [1.29, 1.82) is 0 Å². The van der Waals surface area contributed by atoms with Gasteiger partial charge in [-0.2, -0.15) is 0 Å². The zero-order valence-electron chi connectivity index (χ0n) is 12.6. The summed E-state index contributed by atoms with van der Waals surface area (Å²) in [6.07, 6.45) is 5.16. The predicted octanol–water partition coefficient (Wildman–Crippen LogP) is 2.54. The molecule has 3 N–H and O–H groups in total. The summed E-state index contributed by atoms with van der Waals surface area (Å²) in [4.78, 5) is 11.7. The fourth-order valence-corrected chi connectivity index (χ4v) is 2.61. The van der Waals surface area contributed by atoms with E-state index < -0.39 is 0 Å². The van der Waals surface area contributed by atoms with Crippen molar-refractivity contribution >= 4 is 16.7 Å². The van der Waals surface area contributed by atoms with E-state index in [2.05, 4.69) is 39.3 Å². The summed E-state index contributed by atoms with van der Waals surface area (Å²) in [6, 6.07) is 10.0. The van der Waals surface area contributed by atoms with E-state index in [4.69, 9.17) is 0 Å². The van der Waals surface area contributed by atoms with Crippen LogP contribution >= 0.6 is 0 Å². The maximum Gasteiger partial charge on any atom is 0.129 e. The van der Waals surface area contributed by atoms with Gasteiger partial charge in [-0.15, -0.1) is 0 Å². The maximum absolute atomic E-state index is 9.67. The molecule has 0 fully saturated rings. The first-order valence-corrected chi connectivity index (χ1v) is 7.53. The number of nitrogens with zero attached hydrogens (tertiary/aromatic N) is 2. The van der Waals surface area contributed by atoms with E-state index in [1.165, 1.54) is 10.9 Å². The molecule has 114 valence electrons. The zero-order chi connectivity index (χ0) is 15.4. The van der Waals surface area contributed by atoms with Crippen molar-refractivity contribution in [3.05, 3.63) is 54.1 Å². The molecular weight excluding hydrogens is 276 g/mol. The predicted molar refractivity (Wildman–Crippen MR) is 87.9 cm³/mol. The van der Waals surface area contributed by atoms with Crippen molar-refractivity contribution in [3.8, 4) is 0 Å². The number of aliphatic hydroxyl groups excluding tert-OH is 1. The summed E-state index contributed by atoms with van der Waals surface area (Å²) in [6.45, 7) is 2.10. The minimum absolute atomic E-state index is 0.0466. The van der Waals surface area contributed by atoms with Gasteiger partial charge < -0.3 is 15.4 Å². The molecule has 1 atom stereocenters. The van der Waals surface area contributed by atoms with Crippen molar-refractivity contribution in [1.82, 2.24) is 15.0 Å². The first kappa shape index (κ1) is 14.5. The normalized spacial score (nSPS) is 12.5. The number of hydrogen-bond donors (Lipinski definition) is 3. The van der Waals surface area contributed by atoms with Crippen LogP contribution < -0.4 is 5.32 Å². The number of rotatable bonds is 6. The van der Waals surface area contributed by atoms with E-state index >= 15 is 0 Å². The minimum Gasteiger partial charge on any atom is -0.394 e. The molecule has 0 bridgehead atoms. The molecule has 0 spiro atoms. The summed E-state index contributed by atoms with van der Waals surface area (Å²) in [5.41, 5.74) is 3.29. The molecule has 2 heterocycles. The van der Waals surface area contributed by atoms with Crippen LogP contribution in [0.25, 0.3) is 10.9 Å². The van der Waals surface area contributed by atoms with Crippen molar-refractivity contribution in [2.45, 2.75) is 25.8 Å². The zero-order valence-corrected chi connectivity index (χ0v) is 12.6. The Morgan fingerprint density at radius 3 is 2.95 bits per heavy atom. The Hall–Kier alpha value is -2.40. The van der Waals surface area contributed by atoms with Crippen molar-refractivity contribution in [3.63, 3.8) is 0 Å². The lowest BCUT2D eigenvalue weighted by molar-refractivity contribution is 0.273. The van der Waals surface area contributed by atoms with Crippen LogP contribution in [0.1, 0.15) is 18.2 Å². The van der Waals surface area contributed by atoms with E-state index in [-0.39, 0.29) is 12.6 Å². The number of fused-ring (bicyclic) bond motifs is 1. The molecule has 1 aromatic carbocycles. The monoisotopic (exact) mass is 296 g/mol. The summed E-state index contributed by atoms with van der Waals surface area (Å²) >= 11 is 0. The number of benzene rings is 1. The molecule has 3 rings (SSSR count). The van der Waals surface area contributed by atoms with Crippen LogP contribution in [-0.2, 0) is 12.8 Å². The third-order valence-electron chi connectivity index (χ3n) is 3.80. The van der Waals surface area contributed by atoms with Gasteiger partial charge >= 0.3 is 0 Å². The molecule has 0 radical (unpaired) electrons. The molecule has 3 aromatic rings. The molecular formula is C17H20N4O. The van der Waals surface area contributed by atoms with Gasteiger partial charge in [0.25, 0.3) is 0 Å². The van der Waals surface area contributed by atoms with Crippen molar-refractivity contribution < 1.29 is 5.11 Å². The Bertz CT molecular complexity index is 753. The second-order valence-corrected chi connectivity index (χ2v) is 5.34. The van der Waals surface area contributed by atoms with Gasteiger partial charge in [0, 0.05) is 28.9 Å². The van der Waals surface area contributed by atoms with E-state index in [0.717, 1.165) is 29.9 Å². The third kappa shape index (κ3) is 3.09. The third-order valence-corrected chi connectivity index (χ3v) is 3.80. The number of aryl methyl sites for hydroxylation is 1. The maximum atomic E-state index is 9.67. The van der Waals surface area contributed by atoms with Crippen LogP contribution in [0.5, 0.6) is 0 Å². The highest BCUT2D eigenvalue weighted by atomic mass is 16.3. The van der Waals surface area contributed by atoms with Gasteiger partial charge in [0.2, 0.25) is 0 Å². The van der Waals surface area contributed by atoms with E-state index in [9.17, 15) is 5.11 Å². The lowest BCUT2D eigenvalue weighted by atomic mass is 10.1. The molecule has 0 saturated heterocycles. The largest absolute Gasteiger partial charge is 0.394 e. The minimum atomic E-state index is -0.0844. The molecule has 0 aliphatic carbocycles. The standard InChI is InChI=1S/C17H20N4O/c1-2-13-8-17(20-11-19-13)21-14(10-22)7-12-9-18-16-6-4-3-5-15(12)16/h3-6,8-9,11,14,18,22H,2,7,10H2,1H3,(H,19,20,21). The van der Waals surface area contributed by atoms with Crippen LogP contribution in [0.4, 0.5) is 5.82 Å². The first-order chi connectivity index (χ1) is 10.8. The van der Waals surface area contributed by atoms with Gasteiger partial charge in [-0.3, -0.25) is 0 Å². The van der Waals surface area contributed by atoms with Crippen LogP contribution in [0, 0.1) is 0 Å². The van der Waals surface area contributed by atoms with Crippen molar-refractivity contribution in [2.24, 2.45) is 0 Å². The van der Waals surface area contributed by atoms with Gasteiger partial charge in [0.1, 0.15) is 12.1 Å². The lowest BCUT2D eigenvalue weighted by Crippen LogP contribution is -2.26. The van der Waals surface area contributed by atoms with Crippen molar-refractivity contribution in [2.75, 3.05) is 11.9 Å². The number of anilines is 1. The molecule has 0 saturated carbocycles. The first-order valence-electron chi connectivity index (χ1n) is 7.53. The van der Waals surface area contributed by atoms with E-state index in [1.54, 1.807) is 6.33 Å². The second-order valence-electron chi connectivity index (χ2n) is 5.34. The molecule has 2 aromatic heterocycles. The Balaban J connectivity index is 1.76. The van der Waals surface area contributed by atoms with Gasteiger partial charge in [0.15, 0.2) is 0 Å². The number of para-hydroxylation sites is 1. The molecule has 22 heavy (non-hydrogen) atoms. The molecule has 0 amide bonds. The fraction of sp³-hybridized carbons (Fsp3) is 0.294. The van der Waals surface area contributed by atoms with Gasteiger partial charge in [-0.1, -0.05) is 25.1 Å². The lowest BCUT2D eigenvalue weighted by Gasteiger charge is -2.16. The molecule has 0 aliphatic rings. The van der Waals surface area contributed by atoms with Gasteiger partial charge in [-0.25, -0.2) is 9.97 Å². The summed E-state index contributed by atoms with van der Waals surface area (Å²) < 4.78 is 0. The molecule has 0 aliphatic heterocycles. The number of aliphatic hydroxyl groups is 1. The quantitative estimate of drug-likeness (QED) is 0.653. The number of aromatic nitrogens is 3. The smallest absolute Gasteiger partial charge is 0.129 e. The van der Waals surface area contributed by atoms with E-state index in [0.29, 0.717) is 0 Å². The molecule has 5 heteroatoms. The summed E-state index contributed by atoms with van der Waals surface area (Å²) in [7, 11) is 0. The average molecular weight is 296 g/mol. The highest BCUT2D eigenvalue weighted by Crippen LogP contribution is 2.20. The van der Waals surface area contributed by atoms with Crippen LogP contribution in [0.15, 0.2) is 42.9 Å². The SMILES string of the molecule is CCc1cc(NC(CO)Cc2c[nH]c3ccccc23)ncn1. The van der Waals surface area contributed by atoms with Crippen LogP contribution in [0.3, 0.4) is 0 Å². The summed E-state index contributed by atoms with van der Waals surface area (Å²) in [5, 5.41) is 14.2. The highest BCUT2D eigenvalue weighted by molar-refractivity contribution is 5.83. The second kappa shape index (κ2) is 6.58. The van der Waals surface area contributed by atoms with Gasteiger partial charge in [-0.05, 0) is 24.5 Å². The Kier molecular flexibility index (Phi) is 4.34. The Morgan fingerprint density at radius 1 is 1.27 bits per heavy atom. The van der Waals surface area contributed by atoms with Crippen LogP contribution in [-0.4, -0.2) is 32.7 Å². The Labute approximate surface area is 129 Å². The summed E-state index contributed by atoms with van der Waals surface area (Å²) in [5.74, 6) is 0.755. The molecule has 5 nitrogen and oxygen atoms in total. The van der Waals surface area contributed by atoms with E-state index in [1.807, 2.05) is 24.4 Å². The van der Waals surface area contributed by atoms with Gasteiger partial charge in [0.05, 0.1) is 12.6 Å². The molecule has 1 unspecified atom stereocenters. The average Bonchev–Trinajstić information content (AvgIpc) is 2.97. The number of nitrogens with one attached hydrogen (secondary N) is 2. The highest BCUT2D eigenvalue weighted by Gasteiger charge is 2.12. The number of H-pyrrole nitrogens is 1. The fourth-order valence-electron chi connectivity index (χ4n) is 2.61.